The lowest BCUT2D eigenvalue weighted by atomic mass is 10.4. The lowest BCUT2D eigenvalue weighted by Crippen LogP contribution is -2.40. The van der Waals surface area contributed by atoms with Gasteiger partial charge in [-0.25, -0.2) is 9.78 Å². The Morgan fingerprint density at radius 2 is 2.05 bits per heavy atom. The smallest absolute Gasteiger partial charge is 0.332 e. The van der Waals surface area contributed by atoms with Gasteiger partial charge in [-0.05, 0) is 13.3 Å². The van der Waals surface area contributed by atoms with Gasteiger partial charge in [-0.2, -0.15) is 0 Å². The number of rotatable bonds is 7. The number of fused-ring (bicyclic) bond motifs is 1. The molecule has 0 amide bonds. The van der Waals surface area contributed by atoms with E-state index >= 15 is 0 Å². The van der Waals surface area contributed by atoms with Gasteiger partial charge < -0.3 is 15.0 Å². The van der Waals surface area contributed by atoms with Crippen molar-refractivity contribution in [1.29, 1.82) is 0 Å². The van der Waals surface area contributed by atoms with Crippen LogP contribution in [0.1, 0.15) is 13.3 Å². The first-order valence-corrected chi connectivity index (χ1v) is 7.03. The second kappa shape index (κ2) is 6.68. The molecule has 0 saturated carbocycles. The van der Waals surface area contributed by atoms with Crippen molar-refractivity contribution in [2.24, 2.45) is 5.73 Å². The van der Waals surface area contributed by atoms with Crippen LogP contribution in [-0.4, -0.2) is 38.9 Å². The van der Waals surface area contributed by atoms with Gasteiger partial charge in [0.15, 0.2) is 11.2 Å². The van der Waals surface area contributed by atoms with Gasteiger partial charge in [0.25, 0.3) is 5.56 Å². The maximum atomic E-state index is 12.4. The minimum atomic E-state index is -0.330. The largest absolute Gasteiger partial charge is 0.385 e. The zero-order valence-electron chi connectivity index (χ0n) is 12.4. The molecule has 8 nitrogen and oxygen atoms in total. The van der Waals surface area contributed by atoms with E-state index in [1.807, 2.05) is 0 Å². The number of imidazole rings is 1. The van der Waals surface area contributed by atoms with Crippen LogP contribution in [0, 0.1) is 0 Å². The highest BCUT2D eigenvalue weighted by atomic mass is 16.5. The molecule has 0 radical (unpaired) electrons. The fourth-order valence-corrected chi connectivity index (χ4v) is 2.39. The Kier molecular flexibility index (Phi) is 4.92. The van der Waals surface area contributed by atoms with Crippen LogP contribution in [0.5, 0.6) is 0 Å². The topological polar surface area (TPSA) is 97.1 Å². The Labute approximate surface area is 121 Å². The van der Waals surface area contributed by atoms with Gasteiger partial charge in [0.1, 0.15) is 0 Å². The van der Waals surface area contributed by atoms with Crippen LogP contribution < -0.4 is 17.0 Å². The molecule has 0 aromatic carbocycles. The molecular weight excluding hydrogens is 274 g/mol. The van der Waals surface area contributed by atoms with E-state index in [0.717, 1.165) is 0 Å². The third kappa shape index (κ3) is 2.77. The standard InChI is InChI=1S/C13H21N5O3/c1-3-17-12(19)10-11(15-9-16(10)7-5-14)18(13(17)20)6-4-8-21-2/h9H,3-8,14H2,1-2H3. The van der Waals surface area contributed by atoms with Crippen molar-refractivity contribution in [2.75, 3.05) is 20.3 Å². The van der Waals surface area contributed by atoms with Crippen molar-refractivity contribution >= 4 is 11.2 Å². The molecule has 0 aliphatic rings. The van der Waals surface area contributed by atoms with Crippen molar-refractivity contribution in [2.45, 2.75) is 33.0 Å². The lowest BCUT2D eigenvalue weighted by molar-refractivity contribution is 0.190. The maximum absolute atomic E-state index is 12.4. The van der Waals surface area contributed by atoms with E-state index in [1.54, 1.807) is 24.9 Å². The van der Waals surface area contributed by atoms with Crippen LogP contribution >= 0.6 is 0 Å². The summed E-state index contributed by atoms with van der Waals surface area (Å²) in [6.07, 6.45) is 2.24. The summed E-state index contributed by atoms with van der Waals surface area (Å²) in [7, 11) is 1.61. The van der Waals surface area contributed by atoms with Gasteiger partial charge >= 0.3 is 5.69 Å². The van der Waals surface area contributed by atoms with Crippen LogP contribution in [0.4, 0.5) is 0 Å². The highest BCUT2D eigenvalue weighted by Gasteiger charge is 2.16. The monoisotopic (exact) mass is 295 g/mol. The average molecular weight is 295 g/mol. The predicted octanol–water partition coefficient (Wildman–Crippen LogP) is -0.625. The van der Waals surface area contributed by atoms with Crippen molar-refractivity contribution in [3.8, 4) is 0 Å². The van der Waals surface area contributed by atoms with E-state index in [1.165, 1.54) is 9.13 Å². The van der Waals surface area contributed by atoms with Gasteiger partial charge in [-0.15, -0.1) is 0 Å². The molecule has 2 N–H and O–H groups in total. The number of aromatic nitrogens is 4. The molecule has 0 saturated heterocycles. The van der Waals surface area contributed by atoms with Gasteiger partial charge in [-0.1, -0.05) is 0 Å². The van der Waals surface area contributed by atoms with E-state index in [0.29, 0.717) is 50.4 Å². The molecule has 0 bridgehead atoms. The summed E-state index contributed by atoms with van der Waals surface area (Å²) in [6, 6.07) is 0. The summed E-state index contributed by atoms with van der Waals surface area (Å²) in [5.41, 5.74) is 5.76. The molecule has 0 fully saturated rings. The highest BCUT2D eigenvalue weighted by Crippen LogP contribution is 2.07. The van der Waals surface area contributed by atoms with Gasteiger partial charge in [-0.3, -0.25) is 13.9 Å². The zero-order chi connectivity index (χ0) is 15.4. The fourth-order valence-electron chi connectivity index (χ4n) is 2.39. The van der Waals surface area contributed by atoms with Crippen LogP contribution in [0.3, 0.4) is 0 Å². The van der Waals surface area contributed by atoms with Crippen molar-refractivity contribution < 1.29 is 4.74 Å². The van der Waals surface area contributed by atoms with Gasteiger partial charge in [0, 0.05) is 39.9 Å². The average Bonchev–Trinajstić information content (AvgIpc) is 2.87. The summed E-state index contributed by atoms with van der Waals surface area (Å²) >= 11 is 0. The number of hydrogen-bond donors (Lipinski definition) is 1. The second-order valence-corrected chi connectivity index (χ2v) is 4.73. The summed E-state index contributed by atoms with van der Waals surface area (Å²) < 4.78 is 9.48. The zero-order valence-corrected chi connectivity index (χ0v) is 12.4. The predicted molar refractivity (Wildman–Crippen MR) is 79.5 cm³/mol. The molecule has 0 atom stereocenters. The Morgan fingerprint density at radius 1 is 1.29 bits per heavy atom. The molecule has 0 aliphatic carbocycles. The van der Waals surface area contributed by atoms with Crippen LogP contribution in [0.2, 0.25) is 0 Å². The maximum Gasteiger partial charge on any atom is 0.332 e. The summed E-state index contributed by atoms with van der Waals surface area (Å²) in [4.78, 5) is 29.1. The Balaban J connectivity index is 2.66. The molecule has 0 unspecified atom stereocenters. The molecule has 2 aromatic heterocycles. The third-order valence-electron chi connectivity index (χ3n) is 3.40. The van der Waals surface area contributed by atoms with E-state index in [-0.39, 0.29) is 11.2 Å². The Hall–Kier alpha value is -1.93. The second-order valence-electron chi connectivity index (χ2n) is 4.73. The molecule has 2 heterocycles. The summed E-state index contributed by atoms with van der Waals surface area (Å²) in [6.45, 7) is 4.00. The molecular formula is C13H21N5O3. The first kappa shape index (κ1) is 15.5. The van der Waals surface area contributed by atoms with Gasteiger partial charge in [0.2, 0.25) is 0 Å². The molecule has 2 aromatic rings. The van der Waals surface area contributed by atoms with Crippen LogP contribution in [-0.2, 0) is 24.4 Å². The van der Waals surface area contributed by atoms with Crippen molar-refractivity contribution in [3.63, 3.8) is 0 Å². The first-order valence-electron chi connectivity index (χ1n) is 7.03. The highest BCUT2D eigenvalue weighted by molar-refractivity contribution is 5.70. The fraction of sp³-hybridized carbons (Fsp3) is 0.615. The number of hydrogen-bond acceptors (Lipinski definition) is 5. The molecule has 0 spiro atoms. The summed E-state index contributed by atoms with van der Waals surface area (Å²) in [5, 5.41) is 0. The quantitative estimate of drug-likeness (QED) is 0.686. The number of ether oxygens (including phenoxy) is 1. The SMILES string of the molecule is CCn1c(=O)c2c(ncn2CCN)n(CCCOC)c1=O. The minimum absolute atomic E-state index is 0.313. The van der Waals surface area contributed by atoms with Crippen LogP contribution in [0.15, 0.2) is 15.9 Å². The van der Waals surface area contributed by atoms with E-state index in [9.17, 15) is 9.59 Å². The number of aryl methyl sites for hydroxylation is 1. The minimum Gasteiger partial charge on any atom is -0.385 e. The molecule has 8 heteroatoms. The molecule has 0 aliphatic heterocycles. The number of methoxy groups -OCH3 is 1. The first-order chi connectivity index (χ1) is 10.2. The van der Waals surface area contributed by atoms with E-state index in [4.69, 9.17) is 10.5 Å². The van der Waals surface area contributed by atoms with E-state index in [2.05, 4.69) is 4.98 Å². The normalized spacial score (nSPS) is 11.4. The number of nitrogens with zero attached hydrogens (tertiary/aromatic N) is 4. The number of nitrogens with two attached hydrogens (primary N) is 1. The summed E-state index contributed by atoms with van der Waals surface area (Å²) in [5.74, 6) is 0. The molecule has 21 heavy (non-hydrogen) atoms. The van der Waals surface area contributed by atoms with Gasteiger partial charge in [0.05, 0.1) is 6.33 Å². The Morgan fingerprint density at radius 3 is 2.67 bits per heavy atom. The Bertz CT molecular complexity index is 728. The van der Waals surface area contributed by atoms with Crippen LogP contribution in [0.25, 0.3) is 11.2 Å². The van der Waals surface area contributed by atoms with Crippen molar-refractivity contribution in [1.82, 2.24) is 18.7 Å². The lowest BCUT2D eigenvalue weighted by Gasteiger charge is -2.11. The molecule has 116 valence electrons. The van der Waals surface area contributed by atoms with Crippen molar-refractivity contribution in [3.05, 3.63) is 27.2 Å². The molecule has 2 rings (SSSR count). The van der Waals surface area contributed by atoms with E-state index < -0.39 is 0 Å². The third-order valence-corrected chi connectivity index (χ3v) is 3.40.